The van der Waals surface area contributed by atoms with Crippen LogP contribution in [0.25, 0.3) is 0 Å². The maximum Gasteiger partial charge on any atom is 0.118 e. The van der Waals surface area contributed by atoms with Crippen molar-refractivity contribution in [1.29, 1.82) is 0 Å². The summed E-state index contributed by atoms with van der Waals surface area (Å²) in [4.78, 5) is 0. The normalized spacial score (nSPS) is 31.5. The van der Waals surface area contributed by atoms with Crippen LogP contribution in [0.4, 0.5) is 0 Å². The molecule has 0 N–H and O–H groups in total. The molecule has 3 rings (SSSR count). The van der Waals surface area contributed by atoms with Gasteiger partial charge in [0.15, 0.2) is 0 Å². The van der Waals surface area contributed by atoms with Crippen molar-refractivity contribution in [3.05, 3.63) is 29.8 Å². The molecular weight excluding hydrogens is 212 g/mol. The first-order valence-electron chi connectivity index (χ1n) is 6.61. The van der Waals surface area contributed by atoms with Gasteiger partial charge in [-0.25, -0.2) is 0 Å². The highest BCUT2D eigenvalue weighted by molar-refractivity contribution is 5.27. The van der Waals surface area contributed by atoms with Crippen LogP contribution in [0.1, 0.15) is 24.8 Å². The average molecular weight is 232 g/mol. The number of ether oxygens (including phenoxy) is 2. The minimum atomic E-state index is 0.547. The maximum atomic E-state index is 5.88. The van der Waals surface area contributed by atoms with Crippen molar-refractivity contribution < 1.29 is 9.47 Å². The Morgan fingerprint density at radius 1 is 1.29 bits per heavy atom. The average Bonchev–Trinajstić information content (AvgIpc) is 2.37. The van der Waals surface area contributed by atoms with Gasteiger partial charge in [0.25, 0.3) is 0 Å². The molecule has 0 aromatic heterocycles. The molecule has 1 saturated carbocycles. The summed E-state index contributed by atoms with van der Waals surface area (Å²) in [6.45, 7) is 0.972. The summed E-state index contributed by atoms with van der Waals surface area (Å²) < 4.78 is 11.1. The van der Waals surface area contributed by atoms with E-state index in [1.165, 1.54) is 24.8 Å². The van der Waals surface area contributed by atoms with Crippen molar-refractivity contribution in [3.8, 4) is 5.75 Å². The van der Waals surface area contributed by atoms with Gasteiger partial charge in [-0.2, -0.15) is 0 Å². The number of benzene rings is 1. The second-order valence-electron chi connectivity index (χ2n) is 5.29. The quantitative estimate of drug-likeness (QED) is 0.797. The number of fused-ring (bicyclic) bond motifs is 1. The molecule has 1 heterocycles. The van der Waals surface area contributed by atoms with E-state index in [0.717, 1.165) is 30.6 Å². The van der Waals surface area contributed by atoms with Gasteiger partial charge < -0.3 is 9.47 Å². The summed E-state index contributed by atoms with van der Waals surface area (Å²) in [7, 11) is 1.71. The molecule has 0 radical (unpaired) electrons. The van der Waals surface area contributed by atoms with Gasteiger partial charge in [0.1, 0.15) is 5.75 Å². The monoisotopic (exact) mass is 232 g/mol. The van der Waals surface area contributed by atoms with E-state index in [1.54, 1.807) is 7.11 Å². The lowest BCUT2D eigenvalue weighted by molar-refractivity contribution is -0.126. The molecular formula is C15H20O2. The number of rotatable bonds is 3. The Labute approximate surface area is 103 Å². The van der Waals surface area contributed by atoms with E-state index < -0.39 is 0 Å². The highest BCUT2D eigenvalue weighted by Crippen LogP contribution is 2.43. The van der Waals surface area contributed by atoms with E-state index in [2.05, 4.69) is 12.1 Å². The van der Waals surface area contributed by atoms with Gasteiger partial charge in [0.2, 0.25) is 0 Å². The molecule has 3 atom stereocenters. The largest absolute Gasteiger partial charge is 0.497 e. The Balaban J connectivity index is 1.59. The Morgan fingerprint density at radius 3 is 2.82 bits per heavy atom. The molecule has 92 valence electrons. The van der Waals surface area contributed by atoms with Gasteiger partial charge in [0.05, 0.1) is 13.2 Å². The zero-order chi connectivity index (χ0) is 11.7. The van der Waals surface area contributed by atoms with Gasteiger partial charge in [-0.15, -0.1) is 0 Å². The van der Waals surface area contributed by atoms with Crippen molar-refractivity contribution in [2.45, 2.75) is 31.8 Å². The lowest BCUT2D eigenvalue weighted by Gasteiger charge is -2.47. The van der Waals surface area contributed by atoms with Crippen molar-refractivity contribution in [2.75, 3.05) is 13.7 Å². The van der Waals surface area contributed by atoms with Gasteiger partial charge in [-0.05, 0) is 55.2 Å². The first-order chi connectivity index (χ1) is 8.36. The molecule has 2 nitrogen and oxygen atoms in total. The number of hydrogen-bond donors (Lipinski definition) is 0. The summed E-state index contributed by atoms with van der Waals surface area (Å²) in [5.74, 6) is 2.54. The zero-order valence-electron chi connectivity index (χ0n) is 10.4. The van der Waals surface area contributed by atoms with Crippen LogP contribution in [0.5, 0.6) is 5.75 Å². The third kappa shape index (κ3) is 2.19. The molecule has 0 bridgehead atoms. The predicted molar refractivity (Wildman–Crippen MR) is 67.3 cm³/mol. The lowest BCUT2D eigenvalue weighted by Crippen LogP contribution is -2.47. The smallest absolute Gasteiger partial charge is 0.118 e. The molecule has 1 aliphatic carbocycles. The standard InChI is InChI=1S/C15H20O2/c1-16-14-6-4-11(5-7-14)9-13-10-12-3-2-8-17-15(12)13/h4-7,12-13,15H,2-3,8-10H2,1H3/t12-,13?,15-/m1/s1. The Kier molecular flexibility index (Phi) is 3.06. The van der Waals surface area contributed by atoms with Crippen LogP contribution in [0.2, 0.25) is 0 Å². The highest BCUT2D eigenvalue weighted by atomic mass is 16.5. The predicted octanol–water partition coefficient (Wildman–Crippen LogP) is 3.05. The molecule has 0 amide bonds. The molecule has 1 unspecified atom stereocenters. The van der Waals surface area contributed by atoms with Crippen LogP contribution in [0.3, 0.4) is 0 Å². The topological polar surface area (TPSA) is 18.5 Å². The SMILES string of the molecule is COc1ccc(CC2C[C@H]3CCCO[C@@H]23)cc1. The number of methoxy groups -OCH3 is 1. The van der Waals surface area contributed by atoms with Gasteiger partial charge in [0, 0.05) is 6.61 Å². The van der Waals surface area contributed by atoms with E-state index in [-0.39, 0.29) is 0 Å². The zero-order valence-corrected chi connectivity index (χ0v) is 10.4. The van der Waals surface area contributed by atoms with Gasteiger partial charge in [-0.1, -0.05) is 12.1 Å². The second kappa shape index (κ2) is 4.69. The summed E-state index contributed by atoms with van der Waals surface area (Å²) in [6, 6.07) is 8.45. The highest BCUT2D eigenvalue weighted by Gasteiger charge is 2.42. The molecule has 2 aliphatic rings. The van der Waals surface area contributed by atoms with Crippen molar-refractivity contribution in [2.24, 2.45) is 11.8 Å². The Bertz CT molecular complexity index is 371. The molecule has 1 aromatic rings. The Morgan fingerprint density at radius 2 is 2.12 bits per heavy atom. The van der Waals surface area contributed by atoms with Crippen LogP contribution in [-0.4, -0.2) is 19.8 Å². The lowest BCUT2D eigenvalue weighted by atomic mass is 9.66. The van der Waals surface area contributed by atoms with E-state index in [9.17, 15) is 0 Å². The first kappa shape index (κ1) is 11.1. The van der Waals surface area contributed by atoms with E-state index in [0.29, 0.717) is 6.10 Å². The summed E-state index contributed by atoms with van der Waals surface area (Å²) >= 11 is 0. The summed E-state index contributed by atoms with van der Waals surface area (Å²) in [5, 5.41) is 0. The third-order valence-electron chi connectivity index (χ3n) is 4.22. The van der Waals surface area contributed by atoms with Crippen LogP contribution in [0.15, 0.2) is 24.3 Å². The van der Waals surface area contributed by atoms with Crippen LogP contribution >= 0.6 is 0 Å². The van der Waals surface area contributed by atoms with E-state index in [1.807, 2.05) is 12.1 Å². The minimum Gasteiger partial charge on any atom is -0.497 e. The fourth-order valence-corrected chi connectivity index (χ4v) is 3.23. The molecule has 0 spiro atoms. The molecule has 17 heavy (non-hydrogen) atoms. The first-order valence-corrected chi connectivity index (χ1v) is 6.61. The fraction of sp³-hybridized carbons (Fsp3) is 0.600. The summed E-state index contributed by atoms with van der Waals surface area (Å²) in [6.07, 6.45) is 5.70. The van der Waals surface area contributed by atoms with Crippen molar-refractivity contribution in [1.82, 2.24) is 0 Å². The maximum absolute atomic E-state index is 5.88. The second-order valence-corrected chi connectivity index (χ2v) is 5.29. The van der Waals surface area contributed by atoms with Crippen LogP contribution in [-0.2, 0) is 11.2 Å². The molecule has 1 saturated heterocycles. The molecule has 1 aromatic carbocycles. The Hall–Kier alpha value is -1.02. The third-order valence-corrected chi connectivity index (χ3v) is 4.22. The fourth-order valence-electron chi connectivity index (χ4n) is 3.23. The molecule has 2 fully saturated rings. The number of hydrogen-bond acceptors (Lipinski definition) is 2. The molecule has 1 aliphatic heterocycles. The van der Waals surface area contributed by atoms with E-state index >= 15 is 0 Å². The van der Waals surface area contributed by atoms with E-state index in [4.69, 9.17) is 9.47 Å². The van der Waals surface area contributed by atoms with Crippen molar-refractivity contribution >= 4 is 0 Å². The van der Waals surface area contributed by atoms with Gasteiger partial charge in [-0.3, -0.25) is 0 Å². The van der Waals surface area contributed by atoms with Gasteiger partial charge >= 0.3 is 0 Å². The minimum absolute atomic E-state index is 0.547. The van der Waals surface area contributed by atoms with Crippen LogP contribution in [0, 0.1) is 11.8 Å². The van der Waals surface area contributed by atoms with Crippen molar-refractivity contribution in [3.63, 3.8) is 0 Å². The molecule has 2 heteroatoms. The van der Waals surface area contributed by atoms with Crippen LogP contribution < -0.4 is 4.74 Å². The summed E-state index contributed by atoms with van der Waals surface area (Å²) in [5.41, 5.74) is 1.41.